The summed E-state index contributed by atoms with van der Waals surface area (Å²) in [6.45, 7) is 1.65. The van der Waals surface area contributed by atoms with Crippen LogP contribution in [-0.2, 0) is 16.1 Å². The fraction of sp³-hybridized carbons (Fsp3) is 0.269. The number of amides is 1. The van der Waals surface area contributed by atoms with Crippen LogP contribution in [0.4, 0.5) is 5.69 Å². The molecule has 0 aliphatic carbocycles. The molecule has 2 atom stereocenters. The maximum absolute atomic E-state index is 13.9. The van der Waals surface area contributed by atoms with Crippen molar-refractivity contribution < 1.29 is 14.3 Å². The zero-order valence-corrected chi connectivity index (χ0v) is 19.2. The number of thioether (sulfide) groups is 1. The second-order valence-corrected chi connectivity index (χ2v) is 8.77. The highest BCUT2D eigenvalue weighted by atomic mass is 32.2. The predicted molar refractivity (Wildman–Crippen MR) is 129 cm³/mol. The number of nitrogens with zero attached hydrogens (tertiary/aromatic N) is 1. The Bertz CT molecular complexity index is 1030. The van der Waals surface area contributed by atoms with Gasteiger partial charge in [0, 0.05) is 18.0 Å². The average molecular weight is 449 g/mol. The Morgan fingerprint density at radius 2 is 1.69 bits per heavy atom. The van der Waals surface area contributed by atoms with E-state index in [-0.39, 0.29) is 11.2 Å². The van der Waals surface area contributed by atoms with Gasteiger partial charge in [0.15, 0.2) is 6.10 Å². The second-order valence-electron chi connectivity index (χ2n) is 7.59. The Balaban J connectivity index is 1.72. The molecule has 5 nitrogen and oxygen atoms in total. The number of fused-ring (bicyclic) bond motifs is 1. The molecule has 0 aromatic heterocycles. The number of benzene rings is 3. The zero-order valence-electron chi connectivity index (χ0n) is 18.4. The molecule has 3 aromatic rings. The van der Waals surface area contributed by atoms with Gasteiger partial charge in [0.1, 0.15) is 5.75 Å². The summed E-state index contributed by atoms with van der Waals surface area (Å²) in [6.07, 6.45) is -0.627. The van der Waals surface area contributed by atoms with Crippen molar-refractivity contribution in [3.8, 4) is 5.75 Å². The van der Waals surface area contributed by atoms with Crippen LogP contribution in [0.1, 0.15) is 16.4 Å². The Kier molecular flexibility index (Phi) is 7.47. The second kappa shape index (κ2) is 10.7. The minimum atomic E-state index is -0.627. The minimum Gasteiger partial charge on any atom is -0.497 e. The molecule has 0 fully saturated rings. The summed E-state index contributed by atoms with van der Waals surface area (Å²) in [4.78, 5) is 16.8. The van der Waals surface area contributed by atoms with Crippen LogP contribution in [0.2, 0.25) is 0 Å². The van der Waals surface area contributed by atoms with Crippen molar-refractivity contribution in [2.45, 2.75) is 22.9 Å². The van der Waals surface area contributed by atoms with E-state index in [1.807, 2.05) is 84.7 Å². The SMILES string of the molecule is CNCCN1C(=O)[C@H](OCc2ccccc2)[C@H](c2ccc(OC)cc2)Sc2ccccc21. The van der Waals surface area contributed by atoms with Crippen LogP contribution in [0.3, 0.4) is 0 Å². The van der Waals surface area contributed by atoms with Crippen molar-refractivity contribution in [1.82, 2.24) is 5.32 Å². The molecule has 0 saturated heterocycles. The van der Waals surface area contributed by atoms with E-state index in [4.69, 9.17) is 9.47 Å². The molecule has 1 heterocycles. The van der Waals surface area contributed by atoms with Gasteiger partial charge in [-0.2, -0.15) is 0 Å². The molecule has 3 aromatic carbocycles. The molecule has 6 heteroatoms. The van der Waals surface area contributed by atoms with Gasteiger partial charge in [0.05, 0.1) is 24.7 Å². The van der Waals surface area contributed by atoms with Crippen LogP contribution in [0.5, 0.6) is 5.75 Å². The number of hydrogen-bond acceptors (Lipinski definition) is 5. The quantitative estimate of drug-likeness (QED) is 0.542. The van der Waals surface area contributed by atoms with Gasteiger partial charge >= 0.3 is 0 Å². The van der Waals surface area contributed by atoms with E-state index >= 15 is 0 Å². The van der Waals surface area contributed by atoms with Gasteiger partial charge in [-0.15, -0.1) is 11.8 Å². The fourth-order valence-electron chi connectivity index (χ4n) is 3.79. The van der Waals surface area contributed by atoms with Gasteiger partial charge < -0.3 is 19.7 Å². The number of para-hydroxylation sites is 1. The lowest BCUT2D eigenvalue weighted by atomic mass is 10.1. The van der Waals surface area contributed by atoms with Crippen molar-refractivity contribution in [3.63, 3.8) is 0 Å². The Morgan fingerprint density at radius 3 is 2.41 bits per heavy atom. The molecule has 1 aliphatic heterocycles. The summed E-state index contributed by atoms with van der Waals surface area (Å²) in [5, 5.41) is 2.98. The largest absolute Gasteiger partial charge is 0.497 e. The smallest absolute Gasteiger partial charge is 0.257 e. The van der Waals surface area contributed by atoms with Crippen LogP contribution < -0.4 is 15.0 Å². The first-order valence-corrected chi connectivity index (χ1v) is 11.6. The molecule has 32 heavy (non-hydrogen) atoms. The molecule has 0 saturated carbocycles. The van der Waals surface area contributed by atoms with E-state index in [0.29, 0.717) is 19.7 Å². The first-order chi connectivity index (χ1) is 15.7. The molecule has 166 valence electrons. The number of nitrogens with one attached hydrogen (secondary N) is 1. The summed E-state index contributed by atoms with van der Waals surface area (Å²) in [7, 11) is 3.55. The first-order valence-electron chi connectivity index (χ1n) is 10.7. The van der Waals surface area contributed by atoms with Crippen molar-refractivity contribution >= 4 is 23.4 Å². The molecule has 1 amide bonds. The van der Waals surface area contributed by atoms with E-state index < -0.39 is 6.10 Å². The molecule has 0 radical (unpaired) electrons. The van der Waals surface area contributed by atoms with Crippen molar-refractivity contribution in [2.24, 2.45) is 0 Å². The van der Waals surface area contributed by atoms with Crippen LogP contribution in [-0.4, -0.2) is 39.3 Å². The maximum Gasteiger partial charge on any atom is 0.257 e. The molecule has 1 aliphatic rings. The highest BCUT2D eigenvalue weighted by Crippen LogP contribution is 2.47. The third-order valence-electron chi connectivity index (χ3n) is 5.50. The van der Waals surface area contributed by atoms with Gasteiger partial charge in [-0.05, 0) is 42.4 Å². The number of likely N-dealkylation sites (N-methyl/N-ethyl adjacent to an activating group) is 1. The molecule has 4 rings (SSSR count). The van der Waals surface area contributed by atoms with Gasteiger partial charge in [0.2, 0.25) is 0 Å². The maximum atomic E-state index is 13.9. The Morgan fingerprint density at radius 1 is 0.969 bits per heavy atom. The first kappa shape index (κ1) is 22.4. The summed E-state index contributed by atoms with van der Waals surface area (Å²) in [6, 6.07) is 26.0. The summed E-state index contributed by atoms with van der Waals surface area (Å²) in [5.74, 6) is 0.769. The number of carbonyl (C=O) groups is 1. The topological polar surface area (TPSA) is 50.8 Å². The fourth-order valence-corrected chi connectivity index (χ4v) is 5.13. The monoisotopic (exact) mass is 448 g/mol. The number of carbonyl (C=O) groups excluding carboxylic acids is 1. The van der Waals surface area contributed by atoms with Crippen molar-refractivity contribution in [2.75, 3.05) is 32.1 Å². The summed E-state index contributed by atoms with van der Waals surface area (Å²) < 4.78 is 11.7. The van der Waals surface area contributed by atoms with Crippen LogP contribution in [0, 0.1) is 0 Å². The summed E-state index contributed by atoms with van der Waals surface area (Å²) in [5.41, 5.74) is 3.01. The molecular formula is C26H28N2O3S. The lowest BCUT2D eigenvalue weighted by Crippen LogP contribution is -2.44. The van der Waals surface area contributed by atoms with Crippen LogP contribution >= 0.6 is 11.8 Å². The van der Waals surface area contributed by atoms with Crippen molar-refractivity contribution in [3.05, 3.63) is 90.0 Å². The average Bonchev–Trinajstić information content (AvgIpc) is 2.96. The number of methoxy groups -OCH3 is 1. The van der Waals surface area contributed by atoms with Gasteiger partial charge in [-0.3, -0.25) is 4.79 Å². The highest BCUT2D eigenvalue weighted by Gasteiger charge is 2.39. The van der Waals surface area contributed by atoms with E-state index in [2.05, 4.69) is 11.4 Å². The predicted octanol–water partition coefficient (Wildman–Crippen LogP) is 4.68. The number of anilines is 1. The minimum absolute atomic E-state index is 0.0190. The molecule has 0 spiro atoms. The number of rotatable bonds is 8. The molecule has 0 unspecified atom stereocenters. The molecule has 1 N–H and O–H groups in total. The lowest BCUT2D eigenvalue weighted by Gasteiger charge is -2.28. The Labute approximate surface area is 193 Å². The lowest BCUT2D eigenvalue weighted by molar-refractivity contribution is -0.130. The van der Waals surface area contributed by atoms with Crippen molar-refractivity contribution in [1.29, 1.82) is 0 Å². The van der Waals surface area contributed by atoms with Crippen LogP contribution in [0.25, 0.3) is 0 Å². The normalized spacial score (nSPS) is 18.2. The third-order valence-corrected chi connectivity index (χ3v) is 6.87. The standard InChI is InChI=1S/C26H28N2O3S/c1-27-16-17-28-22-10-6-7-11-23(22)32-25(20-12-14-21(30-2)15-13-20)24(26(28)29)31-18-19-8-4-3-5-9-19/h3-15,24-25,27H,16-18H2,1-2H3/t24-,25+/m1/s1. The van der Waals surface area contributed by atoms with E-state index in [9.17, 15) is 4.79 Å². The Hall–Kier alpha value is -2.80. The van der Waals surface area contributed by atoms with E-state index in [1.54, 1.807) is 18.9 Å². The molecular weight excluding hydrogens is 420 g/mol. The number of hydrogen-bond donors (Lipinski definition) is 1. The van der Waals surface area contributed by atoms with Gasteiger partial charge in [0.25, 0.3) is 5.91 Å². The van der Waals surface area contributed by atoms with E-state index in [1.165, 1.54) is 0 Å². The third kappa shape index (κ3) is 4.99. The van der Waals surface area contributed by atoms with Gasteiger partial charge in [-0.25, -0.2) is 0 Å². The summed E-state index contributed by atoms with van der Waals surface area (Å²) >= 11 is 1.68. The van der Waals surface area contributed by atoms with E-state index in [0.717, 1.165) is 27.5 Å². The highest BCUT2D eigenvalue weighted by molar-refractivity contribution is 7.99. The van der Waals surface area contributed by atoms with Gasteiger partial charge in [-0.1, -0.05) is 54.6 Å². The zero-order chi connectivity index (χ0) is 22.3. The number of ether oxygens (including phenoxy) is 2. The molecule has 0 bridgehead atoms. The van der Waals surface area contributed by atoms with Crippen LogP contribution in [0.15, 0.2) is 83.8 Å².